The molecule has 0 aromatic rings. The van der Waals surface area contributed by atoms with Gasteiger partial charge in [0.2, 0.25) is 0 Å². The average Bonchev–Trinajstić information content (AvgIpc) is 2.69. The Morgan fingerprint density at radius 2 is 2.06 bits per heavy atom. The molecule has 0 aromatic carbocycles. The van der Waals surface area contributed by atoms with E-state index in [1.807, 2.05) is 0 Å². The highest BCUT2D eigenvalue weighted by atomic mass is 35.5. The molecular formula is C12H17ClO4. The molecule has 1 saturated heterocycles. The van der Waals surface area contributed by atoms with Crippen LogP contribution in [-0.4, -0.2) is 31.1 Å². The van der Waals surface area contributed by atoms with Crippen LogP contribution in [0.1, 0.15) is 20.8 Å². The summed E-state index contributed by atoms with van der Waals surface area (Å²) in [5.74, 6) is -0.435. The van der Waals surface area contributed by atoms with Gasteiger partial charge in [0.25, 0.3) is 0 Å². The molecule has 0 bridgehead atoms. The molecule has 0 aliphatic carbocycles. The Morgan fingerprint density at radius 3 is 2.59 bits per heavy atom. The van der Waals surface area contributed by atoms with Crippen molar-refractivity contribution >= 4 is 17.6 Å². The summed E-state index contributed by atoms with van der Waals surface area (Å²) in [6.07, 6.45) is -0.238. The van der Waals surface area contributed by atoms with Gasteiger partial charge in [-0.25, -0.2) is 4.79 Å². The van der Waals surface area contributed by atoms with Crippen molar-refractivity contribution in [3.05, 3.63) is 23.3 Å². The van der Waals surface area contributed by atoms with Crippen LogP contribution in [0.15, 0.2) is 23.3 Å². The van der Waals surface area contributed by atoms with Crippen LogP contribution in [0.25, 0.3) is 0 Å². The first-order valence-electron chi connectivity index (χ1n) is 5.47. The van der Waals surface area contributed by atoms with E-state index >= 15 is 0 Å². The fraction of sp³-hybridized carbons (Fsp3) is 0.583. The second kappa shape index (κ2) is 6.19. The van der Waals surface area contributed by atoms with Gasteiger partial charge in [0.1, 0.15) is 6.10 Å². The van der Waals surface area contributed by atoms with E-state index in [1.54, 1.807) is 20.8 Å². The molecule has 3 unspecified atom stereocenters. The Bertz CT molecular complexity index is 337. The zero-order valence-corrected chi connectivity index (χ0v) is 11.0. The minimum absolute atomic E-state index is 0.303. The van der Waals surface area contributed by atoms with Gasteiger partial charge >= 0.3 is 5.97 Å². The third-order valence-corrected chi connectivity index (χ3v) is 2.91. The zero-order valence-electron chi connectivity index (χ0n) is 10.2. The number of esters is 1. The fourth-order valence-electron chi connectivity index (χ4n) is 1.62. The summed E-state index contributed by atoms with van der Waals surface area (Å²) in [6.45, 7) is 9.12. The van der Waals surface area contributed by atoms with Gasteiger partial charge in [-0.2, -0.15) is 0 Å². The summed E-state index contributed by atoms with van der Waals surface area (Å²) in [6, 6.07) is 0. The van der Waals surface area contributed by atoms with Gasteiger partial charge in [0, 0.05) is 5.03 Å². The number of carbonyl (C=O) groups is 1. The second-order valence-corrected chi connectivity index (χ2v) is 4.08. The molecule has 0 amide bonds. The molecule has 1 rings (SSSR count). The van der Waals surface area contributed by atoms with E-state index in [0.29, 0.717) is 17.2 Å². The minimum atomic E-state index is -0.765. The van der Waals surface area contributed by atoms with Crippen molar-refractivity contribution in [2.45, 2.75) is 39.3 Å². The minimum Gasteiger partial charge on any atom is -0.464 e. The number of ether oxygens (including phenoxy) is 3. The van der Waals surface area contributed by atoms with E-state index < -0.39 is 24.5 Å². The molecule has 0 radical (unpaired) electrons. The largest absolute Gasteiger partial charge is 0.464 e. The molecule has 0 spiro atoms. The number of allylic oxidation sites excluding steroid dienone is 2. The van der Waals surface area contributed by atoms with Gasteiger partial charge < -0.3 is 14.2 Å². The van der Waals surface area contributed by atoms with Crippen LogP contribution < -0.4 is 0 Å². The summed E-state index contributed by atoms with van der Waals surface area (Å²) in [5, 5.41) is 0.460. The summed E-state index contributed by atoms with van der Waals surface area (Å²) in [7, 11) is 0. The topological polar surface area (TPSA) is 44.8 Å². The Morgan fingerprint density at radius 1 is 1.47 bits per heavy atom. The Labute approximate surface area is 106 Å². The highest BCUT2D eigenvalue weighted by Gasteiger charge is 2.41. The third kappa shape index (κ3) is 3.31. The van der Waals surface area contributed by atoms with E-state index in [2.05, 4.69) is 6.58 Å². The molecule has 3 atom stereocenters. The van der Waals surface area contributed by atoms with Crippen LogP contribution in [0.3, 0.4) is 0 Å². The maximum absolute atomic E-state index is 11.7. The first-order valence-corrected chi connectivity index (χ1v) is 5.85. The van der Waals surface area contributed by atoms with E-state index in [4.69, 9.17) is 25.8 Å². The quantitative estimate of drug-likeness (QED) is 0.575. The summed E-state index contributed by atoms with van der Waals surface area (Å²) in [4.78, 5) is 11.7. The monoisotopic (exact) mass is 260 g/mol. The van der Waals surface area contributed by atoms with Crippen LogP contribution in [-0.2, 0) is 19.0 Å². The summed E-state index contributed by atoms with van der Waals surface area (Å²) < 4.78 is 15.8. The third-order valence-electron chi connectivity index (χ3n) is 2.45. The van der Waals surface area contributed by atoms with Crippen LogP contribution in [0.2, 0.25) is 0 Å². The molecule has 1 fully saturated rings. The van der Waals surface area contributed by atoms with Crippen LogP contribution >= 0.6 is 11.6 Å². The van der Waals surface area contributed by atoms with Crippen molar-refractivity contribution in [2.75, 3.05) is 6.61 Å². The van der Waals surface area contributed by atoms with E-state index in [-0.39, 0.29) is 0 Å². The van der Waals surface area contributed by atoms with Gasteiger partial charge in [-0.1, -0.05) is 24.3 Å². The van der Waals surface area contributed by atoms with Gasteiger partial charge in [-0.15, -0.1) is 0 Å². The number of hydrogen-bond acceptors (Lipinski definition) is 4. The molecule has 4 nitrogen and oxygen atoms in total. The lowest BCUT2D eigenvalue weighted by Gasteiger charge is -2.16. The molecule has 0 N–H and O–H groups in total. The normalized spacial score (nSPS) is 29.8. The Kier molecular flexibility index (Phi) is 5.18. The molecule has 1 heterocycles. The SMILES string of the molecule is C=CC(Cl)=C(C)C1OC(C)OC1C(=O)OCC. The molecule has 0 aromatic heterocycles. The van der Waals surface area contributed by atoms with Crippen LogP contribution in [0.5, 0.6) is 0 Å². The first-order chi connectivity index (χ1) is 8.01. The fourth-order valence-corrected chi connectivity index (χ4v) is 1.72. The molecule has 5 heteroatoms. The van der Waals surface area contributed by atoms with Crippen molar-refractivity contribution in [1.82, 2.24) is 0 Å². The second-order valence-electron chi connectivity index (χ2n) is 3.67. The smallest absolute Gasteiger partial charge is 0.338 e. The number of rotatable bonds is 4. The highest BCUT2D eigenvalue weighted by molar-refractivity contribution is 6.31. The van der Waals surface area contributed by atoms with Crippen LogP contribution in [0.4, 0.5) is 0 Å². The van der Waals surface area contributed by atoms with Crippen molar-refractivity contribution in [3.63, 3.8) is 0 Å². The first kappa shape index (κ1) is 14.2. The standard InChI is InChI=1S/C12H17ClO4/c1-5-9(13)7(3)10-11(12(14)15-6-2)17-8(4)16-10/h5,8,10-11H,1,6H2,2-4H3. The van der Waals surface area contributed by atoms with Crippen molar-refractivity contribution < 1.29 is 19.0 Å². The summed E-state index contributed by atoms with van der Waals surface area (Å²) in [5.41, 5.74) is 0.712. The number of carbonyl (C=O) groups excluding carboxylic acids is 1. The van der Waals surface area contributed by atoms with E-state index in [9.17, 15) is 4.79 Å². The predicted molar refractivity (Wildman–Crippen MR) is 64.6 cm³/mol. The highest BCUT2D eigenvalue weighted by Crippen LogP contribution is 2.28. The van der Waals surface area contributed by atoms with Crippen molar-refractivity contribution in [1.29, 1.82) is 0 Å². The van der Waals surface area contributed by atoms with Gasteiger partial charge in [-0.3, -0.25) is 0 Å². The lowest BCUT2D eigenvalue weighted by molar-refractivity contribution is -0.156. The molecule has 1 aliphatic rings. The zero-order chi connectivity index (χ0) is 13.0. The molecule has 1 aliphatic heterocycles. The average molecular weight is 261 g/mol. The number of hydrogen-bond donors (Lipinski definition) is 0. The Hall–Kier alpha value is -0.840. The van der Waals surface area contributed by atoms with Gasteiger partial charge in [-0.05, 0) is 26.3 Å². The van der Waals surface area contributed by atoms with Gasteiger partial charge in [0.05, 0.1) is 6.61 Å². The van der Waals surface area contributed by atoms with E-state index in [1.165, 1.54) is 6.08 Å². The van der Waals surface area contributed by atoms with Crippen molar-refractivity contribution in [2.24, 2.45) is 0 Å². The summed E-state index contributed by atoms with van der Waals surface area (Å²) >= 11 is 5.96. The molecular weight excluding hydrogens is 244 g/mol. The lowest BCUT2D eigenvalue weighted by atomic mass is 10.1. The van der Waals surface area contributed by atoms with Crippen LogP contribution in [0, 0.1) is 0 Å². The molecule has 0 saturated carbocycles. The van der Waals surface area contributed by atoms with E-state index in [0.717, 1.165) is 0 Å². The maximum Gasteiger partial charge on any atom is 0.338 e. The lowest BCUT2D eigenvalue weighted by Crippen LogP contribution is -2.34. The Balaban J connectivity index is 2.89. The molecule has 96 valence electrons. The molecule has 17 heavy (non-hydrogen) atoms. The van der Waals surface area contributed by atoms with Crippen molar-refractivity contribution in [3.8, 4) is 0 Å². The number of halogens is 1. The van der Waals surface area contributed by atoms with Gasteiger partial charge in [0.15, 0.2) is 12.4 Å². The predicted octanol–water partition coefficient (Wildman–Crippen LogP) is 2.38. The maximum atomic E-state index is 11.7.